The van der Waals surface area contributed by atoms with Crippen LogP contribution in [0.1, 0.15) is 6.42 Å². The molecule has 3 fully saturated rings. The van der Waals surface area contributed by atoms with Crippen molar-refractivity contribution < 1.29 is 9.59 Å². The molecule has 6 unspecified atom stereocenters. The first-order chi connectivity index (χ1) is 10.4. The lowest BCUT2D eigenvalue weighted by Gasteiger charge is -2.28. The van der Waals surface area contributed by atoms with Crippen molar-refractivity contribution in [2.45, 2.75) is 16.1 Å². The van der Waals surface area contributed by atoms with Crippen molar-refractivity contribution in [1.29, 1.82) is 0 Å². The maximum absolute atomic E-state index is 12.9. The topological polar surface area (TPSA) is 37.4 Å². The highest BCUT2D eigenvalue weighted by atomic mass is 79.9. The van der Waals surface area contributed by atoms with Crippen molar-refractivity contribution in [2.75, 3.05) is 4.90 Å². The number of carbonyl (C=O) groups is 2. The minimum atomic E-state index is -0.245. The molecule has 1 heterocycles. The van der Waals surface area contributed by atoms with Gasteiger partial charge in [-0.25, -0.2) is 4.90 Å². The first kappa shape index (κ1) is 15.4. The molecular weight excluding hydrogens is 457 g/mol. The van der Waals surface area contributed by atoms with E-state index in [-0.39, 0.29) is 50.2 Å². The predicted molar refractivity (Wildman–Crippen MR) is 93.0 cm³/mol. The maximum Gasteiger partial charge on any atom is 0.238 e. The normalized spacial score (nSPS) is 39.7. The minimum Gasteiger partial charge on any atom is -0.274 e. The standard InChI is InChI=1S/C15H11Br2Cl2NO2/c16-11-5-4-6(12(11)17)10-9(5)14(21)20(15(10)22)8-3-1-2-7(18)13(8)19/h1-3,5-6,9-12H,4H2. The van der Waals surface area contributed by atoms with Crippen molar-refractivity contribution in [3.63, 3.8) is 0 Å². The van der Waals surface area contributed by atoms with Gasteiger partial charge in [-0.2, -0.15) is 0 Å². The number of nitrogens with zero attached hydrogens (tertiary/aromatic N) is 1. The van der Waals surface area contributed by atoms with E-state index in [1.165, 1.54) is 4.90 Å². The van der Waals surface area contributed by atoms with Crippen LogP contribution < -0.4 is 4.90 Å². The molecule has 1 aromatic carbocycles. The molecule has 2 saturated carbocycles. The summed E-state index contributed by atoms with van der Waals surface area (Å²) in [5.41, 5.74) is 0.398. The van der Waals surface area contributed by atoms with E-state index in [4.69, 9.17) is 23.2 Å². The van der Waals surface area contributed by atoms with Gasteiger partial charge in [0.25, 0.3) is 0 Å². The van der Waals surface area contributed by atoms with Gasteiger partial charge in [0.2, 0.25) is 11.8 Å². The molecule has 3 nitrogen and oxygen atoms in total. The lowest BCUT2D eigenvalue weighted by Crippen LogP contribution is -2.37. The number of alkyl halides is 2. The fourth-order valence-electron chi connectivity index (χ4n) is 4.25. The Kier molecular flexibility index (Phi) is 3.65. The average Bonchev–Trinajstić information content (AvgIpc) is 3.08. The third-order valence-electron chi connectivity index (χ3n) is 5.16. The summed E-state index contributed by atoms with van der Waals surface area (Å²) < 4.78 is 0. The summed E-state index contributed by atoms with van der Waals surface area (Å²) in [6, 6.07) is 5.02. The Hall–Kier alpha value is -0.100. The van der Waals surface area contributed by atoms with Gasteiger partial charge in [0, 0.05) is 9.65 Å². The monoisotopic (exact) mass is 465 g/mol. The average molecular weight is 468 g/mol. The Morgan fingerprint density at radius 1 is 1.00 bits per heavy atom. The molecule has 0 N–H and O–H groups in total. The molecule has 0 aromatic heterocycles. The number of carbonyl (C=O) groups excluding carboxylic acids is 2. The molecular formula is C15H11Br2Cl2NO2. The van der Waals surface area contributed by atoms with Crippen LogP contribution in [-0.2, 0) is 9.59 Å². The van der Waals surface area contributed by atoms with Gasteiger partial charge in [0.1, 0.15) is 0 Å². The van der Waals surface area contributed by atoms with Crippen molar-refractivity contribution in [3.8, 4) is 0 Å². The third-order valence-corrected chi connectivity index (χ3v) is 9.17. The second-order valence-corrected chi connectivity index (χ2v) is 8.99. The number of rotatable bonds is 1. The van der Waals surface area contributed by atoms with E-state index in [0.29, 0.717) is 10.7 Å². The zero-order chi connectivity index (χ0) is 15.8. The summed E-state index contributed by atoms with van der Waals surface area (Å²) in [5.74, 6) is -0.389. The number of hydrogen-bond acceptors (Lipinski definition) is 2. The number of benzene rings is 1. The molecule has 1 aliphatic heterocycles. The molecule has 1 saturated heterocycles. The van der Waals surface area contributed by atoms with Crippen LogP contribution in [0.5, 0.6) is 0 Å². The molecule has 22 heavy (non-hydrogen) atoms. The second kappa shape index (κ2) is 5.20. The van der Waals surface area contributed by atoms with Gasteiger partial charge in [0.05, 0.1) is 27.6 Å². The van der Waals surface area contributed by atoms with Crippen LogP contribution in [0.2, 0.25) is 10.0 Å². The SMILES string of the molecule is O=C1C2C3CC(C(Br)C3Br)C2C(=O)N1c1cccc(Cl)c1Cl. The van der Waals surface area contributed by atoms with Gasteiger partial charge in [-0.05, 0) is 30.4 Å². The van der Waals surface area contributed by atoms with Gasteiger partial charge in [-0.3, -0.25) is 9.59 Å². The van der Waals surface area contributed by atoms with Gasteiger partial charge in [-0.1, -0.05) is 61.1 Å². The smallest absolute Gasteiger partial charge is 0.238 e. The highest BCUT2D eigenvalue weighted by Crippen LogP contribution is 2.60. The van der Waals surface area contributed by atoms with E-state index in [2.05, 4.69) is 31.9 Å². The van der Waals surface area contributed by atoms with Crippen molar-refractivity contribution in [1.82, 2.24) is 0 Å². The molecule has 2 aliphatic carbocycles. The summed E-state index contributed by atoms with van der Waals surface area (Å²) in [6.07, 6.45) is 0.912. The van der Waals surface area contributed by atoms with Gasteiger partial charge in [0.15, 0.2) is 0 Å². The summed E-state index contributed by atoms with van der Waals surface area (Å²) in [7, 11) is 0. The lowest BCUT2D eigenvalue weighted by molar-refractivity contribution is -0.123. The van der Waals surface area contributed by atoms with Gasteiger partial charge in [-0.15, -0.1) is 0 Å². The Morgan fingerprint density at radius 3 is 2.09 bits per heavy atom. The van der Waals surface area contributed by atoms with Gasteiger partial charge < -0.3 is 0 Å². The molecule has 7 heteroatoms. The largest absolute Gasteiger partial charge is 0.274 e. The number of anilines is 1. The van der Waals surface area contributed by atoms with E-state index in [9.17, 15) is 9.59 Å². The number of amides is 2. The van der Waals surface area contributed by atoms with Crippen LogP contribution in [0.25, 0.3) is 0 Å². The fraction of sp³-hybridized carbons (Fsp3) is 0.467. The summed E-state index contributed by atoms with van der Waals surface area (Å²) >= 11 is 19.6. The second-order valence-electron chi connectivity index (χ2n) is 6.09. The molecule has 6 atom stereocenters. The third kappa shape index (κ3) is 1.86. The quantitative estimate of drug-likeness (QED) is 0.457. The number of imide groups is 1. The van der Waals surface area contributed by atoms with E-state index in [1.54, 1.807) is 18.2 Å². The van der Waals surface area contributed by atoms with E-state index in [0.717, 1.165) is 6.42 Å². The Bertz CT molecular complexity index is 666. The lowest BCUT2D eigenvalue weighted by atomic mass is 9.81. The Morgan fingerprint density at radius 2 is 1.55 bits per heavy atom. The molecule has 4 rings (SSSR count). The molecule has 2 amide bonds. The molecule has 0 spiro atoms. The molecule has 1 aromatic rings. The highest BCUT2D eigenvalue weighted by molar-refractivity contribution is 9.12. The number of halogens is 4. The first-order valence-electron chi connectivity index (χ1n) is 7.03. The Labute approximate surface area is 154 Å². The van der Waals surface area contributed by atoms with Crippen LogP contribution >= 0.6 is 55.1 Å². The fourth-order valence-corrected chi connectivity index (χ4v) is 6.50. The maximum atomic E-state index is 12.9. The Balaban J connectivity index is 1.78. The summed E-state index contributed by atoms with van der Waals surface area (Å²) in [4.78, 5) is 27.4. The van der Waals surface area contributed by atoms with Crippen LogP contribution in [-0.4, -0.2) is 21.5 Å². The summed E-state index contributed by atoms with van der Waals surface area (Å²) in [5, 5.41) is 0.598. The zero-order valence-electron chi connectivity index (χ0n) is 11.2. The van der Waals surface area contributed by atoms with Crippen molar-refractivity contribution in [2.24, 2.45) is 23.7 Å². The van der Waals surface area contributed by atoms with E-state index < -0.39 is 0 Å². The molecule has 0 radical (unpaired) electrons. The highest BCUT2D eigenvalue weighted by Gasteiger charge is 2.66. The predicted octanol–water partition coefficient (Wildman–Crippen LogP) is 4.28. The van der Waals surface area contributed by atoms with E-state index >= 15 is 0 Å². The number of hydrogen-bond donors (Lipinski definition) is 0. The van der Waals surface area contributed by atoms with Crippen LogP contribution in [0.4, 0.5) is 5.69 Å². The van der Waals surface area contributed by atoms with Crippen LogP contribution in [0.3, 0.4) is 0 Å². The molecule has 3 aliphatic rings. The first-order valence-corrected chi connectivity index (χ1v) is 9.62. The molecule has 2 bridgehead atoms. The zero-order valence-corrected chi connectivity index (χ0v) is 15.9. The van der Waals surface area contributed by atoms with Crippen molar-refractivity contribution in [3.05, 3.63) is 28.2 Å². The summed E-state index contributed by atoms with van der Waals surface area (Å²) in [6.45, 7) is 0. The number of fused-ring (bicyclic) bond motifs is 5. The van der Waals surface area contributed by atoms with Crippen molar-refractivity contribution >= 4 is 72.6 Å². The minimum absolute atomic E-state index is 0.143. The molecule has 116 valence electrons. The van der Waals surface area contributed by atoms with Crippen LogP contribution in [0.15, 0.2) is 18.2 Å². The van der Waals surface area contributed by atoms with E-state index in [1.807, 2.05) is 0 Å². The van der Waals surface area contributed by atoms with Crippen LogP contribution in [0, 0.1) is 23.7 Å². The van der Waals surface area contributed by atoms with Gasteiger partial charge >= 0.3 is 0 Å².